The smallest absolute Gasteiger partial charge is 0.338 e. The van der Waals surface area contributed by atoms with Crippen LogP contribution in [0.4, 0.5) is 0 Å². The molecule has 200 valence electrons. The molecule has 0 bridgehead atoms. The number of benzene rings is 1. The third kappa shape index (κ3) is 5.60. The van der Waals surface area contributed by atoms with Crippen LogP contribution < -0.4 is 0 Å². The first-order valence-corrected chi connectivity index (χ1v) is 12.5. The molecule has 0 unspecified atom stereocenters. The first kappa shape index (κ1) is 28.5. The van der Waals surface area contributed by atoms with Gasteiger partial charge in [0.25, 0.3) is 0 Å². The summed E-state index contributed by atoms with van der Waals surface area (Å²) in [5.74, 6) is -3.56. The number of carbonyl (C=O) groups is 4. The Morgan fingerprint density at radius 2 is 1.65 bits per heavy atom. The number of rotatable bonds is 3. The van der Waals surface area contributed by atoms with E-state index < -0.39 is 58.9 Å². The van der Waals surface area contributed by atoms with Gasteiger partial charge in [-0.1, -0.05) is 45.0 Å². The van der Waals surface area contributed by atoms with Crippen molar-refractivity contribution >= 4 is 23.5 Å². The SMILES string of the molecule is CC(=O)O[C@]12C[C@H](C)[C@H](OC(=O)c3ccccc3)[C@@H]1/C=C(\C)[C@H](O)CC(=O)C(C)(C)[C@@H](O)/C=C(\C)C2=O. The molecule has 1 aromatic rings. The standard InChI is InChI=1S/C29H36O8/c1-16-12-21-25(36-27(35)20-10-8-7-9-11-20)18(3)15-29(21,37-19(4)30)26(34)17(2)13-23(32)28(5,6)24(33)14-22(16)31/h7-13,18,21-23,25,31-32H,14-15H2,1-6H3/b16-12+,17-13+/t18-,21-,22+,23-,25-,29+/m0/s1. The summed E-state index contributed by atoms with van der Waals surface area (Å²) in [6.45, 7) is 9.20. The van der Waals surface area contributed by atoms with Gasteiger partial charge in [-0.3, -0.25) is 14.4 Å². The molecule has 6 atom stereocenters. The Morgan fingerprint density at radius 3 is 2.24 bits per heavy atom. The fraction of sp³-hybridized carbons (Fsp3) is 0.517. The van der Waals surface area contributed by atoms with Crippen molar-refractivity contribution in [2.75, 3.05) is 0 Å². The molecule has 2 aliphatic carbocycles. The highest BCUT2D eigenvalue weighted by atomic mass is 16.6. The van der Waals surface area contributed by atoms with Crippen molar-refractivity contribution in [3.8, 4) is 0 Å². The van der Waals surface area contributed by atoms with Crippen LogP contribution in [0.3, 0.4) is 0 Å². The van der Waals surface area contributed by atoms with Gasteiger partial charge in [0.2, 0.25) is 5.78 Å². The van der Waals surface area contributed by atoms with Crippen molar-refractivity contribution < 1.29 is 38.9 Å². The summed E-state index contributed by atoms with van der Waals surface area (Å²) < 4.78 is 11.7. The largest absolute Gasteiger partial charge is 0.458 e. The highest BCUT2D eigenvalue weighted by Crippen LogP contribution is 2.48. The lowest BCUT2D eigenvalue weighted by Gasteiger charge is -2.36. The van der Waals surface area contributed by atoms with Crippen molar-refractivity contribution in [2.24, 2.45) is 17.3 Å². The molecule has 37 heavy (non-hydrogen) atoms. The summed E-state index contributed by atoms with van der Waals surface area (Å²) in [7, 11) is 0. The number of ether oxygens (including phenoxy) is 2. The van der Waals surface area contributed by atoms with E-state index in [2.05, 4.69) is 0 Å². The second-order valence-corrected chi connectivity index (χ2v) is 10.8. The van der Waals surface area contributed by atoms with Crippen LogP contribution in [0.1, 0.15) is 64.7 Å². The van der Waals surface area contributed by atoms with E-state index >= 15 is 0 Å². The Labute approximate surface area is 217 Å². The van der Waals surface area contributed by atoms with Crippen LogP contribution in [0, 0.1) is 17.3 Å². The fourth-order valence-corrected chi connectivity index (χ4v) is 5.20. The lowest BCUT2D eigenvalue weighted by Crippen LogP contribution is -2.49. The molecule has 1 saturated carbocycles. The second-order valence-electron chi connectivity index (χ2n) is 10.8. The number of ketones is 2. The molecule has 8 heteroatoms. The highest BCUT2D eigenvalue weighted by molar-refractivity contribution is 6.03. The van der Waals surface area contributed by atoms with Gasteiger partial charge in [-0.15, -0.1) is 0 Å². The average molecular weight is 513 g/mol. The molecular formula is C29H36O8. The summed E-state index contributed by atoms with van der Waals surface area (Å²) in [5.41, 5.74) is -2.19. The van der Waals surface area contributed by atoms with Crippen LogP contribution in [0.2, 0.25) is 0 Å². The maximum absolute atomic E-state index is 14.0. The first-order chi connectivity index (χ1) is 17.2. The summed E-state index contributed by atoms with van der Waals surface area (Å²) in [6.07, 6.45) is -0.722. The van der Waals surface area contributed by atoms with Gasteiger partial charge in [0.1, 0.15) is 11.9 Å². The summed E-state index contributed by atoms with van der Waals surface area (Å²) in [5, 5.41) is 21.7. The Bertz CT molecular complexity index is 1130. The molecule has 0 aliphatic heterocycles. The molecular weight excluding hydrogens is 476 g/mol. The Balaban J connectivity index is 2.19. The van der Waals surface area contributed by atoms with Gasteiger partial charge in [-0.25, -0.2) is 4.79 Å². The molecule has 1 fully saturated rings. The van der Waals surface area contributed by atoms with Crippen molar-refractivity contribution in [3.63, 3.8) is 0 Å². The minimum absolute atomic E-state index is 0.0618. The van der Waals surface area contributed by atoms with Crippen molar-refractivity contribution in [1.82, 2.24) is 0 Å². The molecule has 8 nitrogen and oxygen atoms in total. The zero-order valence-electron chi connectivity index (χ0n) is 22.2. The van der Waals surface area contributed by atoms with Crippen LogP contribution in [0.25, 0.3) is 0 Å². The van der Waals surface area contributed by atoms with E-state index in [4.69, 9.17) is 9.47 Å². The van der Waals surface area contributed by atoms with Crippen molar-refractivity contribution in [3.05, 3.63) is 59.2 Å². The van der Waals surface area contributed by atoms with Gasteiger partial charge in [-0.2, -0.15) is 0 Å². The fourth-order valence-electron chi connectivity index (χ4n) is 5.20. The molecule has 1 aromatic carbocycles. The van der Waals surface area contributed by atoms with Gasteiger partial charge in [-0.05, 0) is 49.1 Å². The maximum atomic E-state index is 14.0. The van der Waals surface area contributed by atoms with Gasteiger partial charge < -0.3 is 19.7 Å². The zero-order chi connectivity index (χ0) is 27.7. The van der Waals surface area contributed by atoms with Gasteiger partial charge >= 0.3 is 11.9 Å². The number of carbonyl (C=O) groups excluding carboxylic acids is 4. The molecule has 0 aromatic heterocycles. The number of hydrogen-bond acceptors (Lipinski definition) is 8. The number of hydrogen-bond donors (Lipinski definition) is 2. The number of fused-ring (bicyclic) bond motifs is 1. The van der Waals surface area contributed by atoms with E-state index in [0.29, 0.717) is 11.1 Å². The van der Waals surface area contributed by atoms with Crippen LogP contribution in [-0.2, 0) is 23.9 Å². The van der Waals surface area contributed by atoms with E-state index in [1.165, 1.54) is 19.9 Å². The van der Waals surface area contributed by atoms with Crippen molar-refractivity contribution in [2.45, 2.75) is 78.3 Å². The molecule has 0 amide bonds. The van der Waals surface area contributed by atoms with Gasteiger partial charge in [0.05, 0.1) is 29.1 Å². The van der Waals surface area contributed by atoms with Gasteiger partial charge in [0, 0.05) is 19.8 Å². The second kappa shape index (κ2) is 10.7. The van der Waals surface area contributed by atoms with E-state index in [0.717, 1.165) is 0 Å². The Morgan fingerprint density at radius 1 is 1.03 bits per heavy atom. The molecule has 2 aliphatic rings. The molecule has 0 heterocycles. The normalized spacial score (nSPS) is 35.1. The van der Waals surface area contributed by atoms with Crippen LogP contribution in [0.15, 0.2) is 53.6 Å². The molecule has 0 saturated heterocycles. The Kier molecular flexibility index (Phi) is 8.24. The summed E-state index contributed by atoms with van der Waals surface area (Å²) in [4.78, 5) is 52.3. The predicted octanol–water partition coefficient (Wildman–Crippen LogP) is 3.35. The zero-order valence-corrected chi connectivity index (χ0v) is 22.2. The van der Waals surface area contributed by atoms with E-state index in [1.54, 1.807) is 64.1 Å². The summed E-state index contributed by atoms with van der Waals surface area (Å²) in [6, 6.07) is 8.40. The third-order valence-electron chi connectivity index (χ3n) is 7.61. The molecule has 3 rings (SSSR count). The number of aliphatic hydroxyl groups excluding tert-OH is 2. The molecule has 2 N–H and O–H groups in total. The molecule has 0 radical (unpaired) electrons. The monoisotopic (exact) mass is 512 g/mol. The topological polar surface area (TPSA) is 127 Å². The van der Waals surface area contributed by atoms with Crippen molar-refractivity contribution in [1.29, 1.82) is 0 Å². The lowest BCUT2D eigenvalue weighted by molar-refractivity contribution is -0.168. The van der Waals surface area contributed by atoms with Gasteiger partial charge in [0.15, 0.2) is 5.60 Å². The number of aliphatic hydroxyl groups is 2. The predicted molar refractivity (Wildman–Crippen MR) is 135 cm³/mol. The van der Waals surface area contributed by atoms with E-state index in [1.807, 2.05) is 0 Å². The van der Waals surface area contributed by atoms with E-state index in [-0.39, 0.29) is 24.2 Å². The highest BCUT2D eigenvalue weighted by Gasteiger charge is 2.60. The Hall–Kier alpha value is -3.10. The first-order valence-electron chi connectivity index (χ1n) is 12.5. The van der Waals surface area contributed by atoms with Crippen LogP contribution in [0.5, 0.6) is 0 Å². The van der Waals surface area contributed by atoms with Crippen LogP contribution >= 0.6 is 0 Å². The minimum Gasteiger partial charge on any atom is -0.458 e. The number of esters is 2. The molecule has 0 spiro atoms. The summed E-state index contributed by atoms with van der Waals surface area (Å²) >= 11 is 0. The maximum Gasteiger partial charge on any atom is 0.338 e. The third-order valence-corrected chi connectivity index (χ3v) is 7.61. The average Bonchev–Trinajstić information content (AvgIpc) is 3.08. The van der Waals surface area contributed by atoms with E-state index in [9.17, 15) is 29.4 Å². The van der Waals surface area contributed by atoms with Crippen LogP contribution in [-0.4, -0.2) is 57.6 Å². The number of Topliss-reactive ketones (excluding diaryl/α,β-unsaturated/α-hetero) is 2. The quantitative estimate of drug-likeness (QED) is 0.466. The lowest BCUT2D eigenvalue weighted by atomic mass is 9.75. The minimum atomic E-state index is -1.73.